The number of nitrogens with zero attached hydrogens (tertiary/aromatic N) is 2. The molecular weight excluding hydrogens is 312 g/mol. The number of hydrogen-bond acceptors (Lipinski definition) is 4. The van der Waals surface area contributed by atoms with Crippen LogP contribution in [0, 0.1) is 6.92 Å². The summed E-state index contributed by atoms with van der Waals surface area (Å²) in [5.74, 6) is -0.123. The maximum atomic E-state index is 12.0. The first-order valence-corrected chi connectivity index (χ1v) is 8.06. The molecule has 0 saturated heterocycles. The van der Waals surface area contributed by atoms with E-state index in [1.807, 2.05) is 80.5 Å². The zero-order valence-electron chi connectivity index (χ0n) is 14.6. The Hall–Kier alpha value is -3.14. The Morgan fingerprint density at radius 1 is 0.920 bits per heavy atom. The molecule has 1 heterocycles. The van der Waals surface area contributed by atoms with E-state index in [1.54, 1.807) is 12.2 Å². The molecule has 0 saturated carbocycles. The average molecular weight is 332 g/mol. The minimum absolute atomic E-state index is 0.307. The second-order valence-electron chi connectivity index (χ2n) is 6.10. The van der Waals surface area contributed by atoms with Crippen LogP contribution in [0.1, 0.15) is 16.7 Å². The normalized spacial score (nSPS) is 15.6. The molecule has 4 nitrogen and oxygen atoms in total. The Labute approximate surface area is 147 Å². The average Bonchev–Trinajstić information content (AvgIpc) is 2.94. The highest BCUT2D eigenvalue weighted by molar-refractivity contribution is 6.11. The fourth-order valence-electron chi connectivity index (χ4n) is 2.37. The van der Waals surface area contributed by atoms with Crippen molar-refractivity contribution in [3.63, 3.8) is 0 Å². The van der Waals surface area contributed by atoms with Gasteiger partial charge in [0, 0.05) is 25.9 Å². The van der Waals surface area contributed by atoms with E-state index in [0.29, 0.717) is 11.6 Å². The largest absolute Gasteiger partial charge is 0.403 e. The number of esters is 1. The third-order valence-corrected chi connectivity index (χ3v) is 3.85. The molecule has 0 N–H and O–H groups in total. The van der Waals surface area contributed by atoms with Crippen LogP contribution >= 0.6 is 0 Å². The molecular formula is C21H20N2O2. The molecule has 0 spiro atoms. The Morgan fingerprint density at radius 2 is 1.56 bits per heavy atom. The second kappa shape index (κ2) is 7.18. The topological polar surface area (TPSA) is 41.9 Å². The van der Waals surface area contributed by atoms with Crippen molar-refractivity contribution >= 4 is 29.7 Å². The first kappa shape index (κ1) is 16.7. The maximum Gasteiger partial charge on any atom is 0.363 e. The Bertz CT molecular complexity index is 858. The third kappa shape index (κ3) is 4.23. The van der Waals surface area contributed by atoms with Gasteiger partial charge in [0.05, 0.1) is 0 Å². The number of hydrogen-bond donors (Lipinski definition) is 0. The molecule has 0 atom stereocenters. The number of carbonyl (C=O) groups is 1. The molecule has 1 aliphatic heterocycles. The zero-order chi connectivity index (χ0) is 17.8. The highest BCUT2D eigenvalue weighted by Gasteiger charge is 2.21. The number of aryl methyl sites for hydroxylation is 1. The molecule has 4 heteroatoms. The van der Waals surface area contributed by atoms with E-state index >= 15 is 0 Å². The van der Waals surface area contributed by atoms with Gasteiger partial charge in [0.25, 0.3) is 0 Å². The fraction of sp³-hybridized carbons (Fsp3) is 0.143. The number of benzene rings is 2. The van der Waals surface area contributed by atoms with Crippen molar-refractivity contribution in [3.05, 3.63) is 77.0 Å². The first-order valence-electron chi connectivity index (χ1n) is 8.06. The summed E-state index contributed by atoms with van der Waals surface area (Å²) in [4.78, 5) is 18.3. The first-order chi connectivity index (χ1) is 12.0. The van der Waals surface area contributed by atoms with Crippen LogP contribution in [0.3, 0.4) is 0 Å². The second-order valence-corrected chi connectivity index (χ2v) is 6.10. The van der Waals surface area contributed by atoms with Gasteiger partial charge in [-0.15, -0.1) is 0 Å². The minimum atomic E-state index is -0.430. The summed E-state index contributed by atoms with van der Waals surface area (Å²) < 4.78 is 5.20. The Kier molecular flexibility index (Phi) is 4.80. The molecule has 0 unspecified atom stereocenters. The van der Waals surface area contributed by atoms with Gasteiger partial charge in [0.15, 0.2) is 5.70 Å². The summed E-state index contributed by atoms with van der Waals surface area (Å²) in [6.07, 6.45) is 5.31. The van der Waals surface area contributed by atoms with Crippen molar-refractivity contribution < 1.29 is 9.53 Å². The highest BCUT2D eigenvalue weighted by Crippen LogP contribution is 2.19. The zero-order valence-corrected chi connectivity index (χ0v) is 14.6. The van der Waals surface area contributed by atoms with Crippen molar-refractivity contribution in [2.75, 3.05) is 19.0 Å². The van der Waals surface area contributed by atoms with E-state index in [0.717, 1.165) is 16.8 Å². The number of aliphatic imine (C=N–C) groups is 1. The molecule has 2 aromatic carbocycles. The van der Waals surface area contributed by atoms with E-state index < -0.39 is 5.97 Å². The van der Waals surface area contributed by atoms with Crippen molar-refractivity contribution in [2.24, 2.45) is 4.99 Å². The van der Waals surface area contributed by atoms with Crippen LogP contribution in [-0.2, 0) is 9.53 Å². The number of cyclic esters (lactones) is 1. The van der Waals surface area contributed by atoms with Gasteiger partial charge in [0.2, 0.25) is 5.90 Å². The van der Waals surface area contributed by atoms with Crippen LogP contribution in [0.2, 0.25) is 0 Å². The maximum absolute atomic E-state index is 12.0. The summed E-state index contributed by atoms with van der Waals surface area (Å²) in [5, 5.41) is 0. The molecule has 0 fully saturated rings. The van der Waals surface area contributed by atoms with Gasteiger partial charge >= 0.3 is 5.97 Å². The monoisotopic (exact) mass is 332 g/mol. The number of anilines is 1. The molecule has 0 aromatic heterocycles. The number of rotatable bonds is 4. The van der Waals surface area contributed by atoms with Gasteiger partial charge in [0.1, 0.15) is 0 Å². The summed E-state index contributed by atoms with van der Waals surface area (Å²) in [6.45, 7) is 2.04. The van der Waals surface area contributed by atoms with Crippen LogP contribution in [0.5, 0.6) is 0 Å². The van der Waals surface area contributed by atoms with E-state index in [2.05, 4.69) is 4.99 Å². The van der Waals surface area contributed by atoms with Crippen LogP contribution in [-0.4, -0.2) is 26.0 Å². The lowest BCUT2D eigenvalue weighted by molar-refractivity contribution is -0.129. The standard InChI is InChI=1S/C21H20N2O2/c1-15-4-6-16(7-5-15)10-13-20-22-19(21(24)25-20)14-17-8-11-18(12-9-17)23(2)3/h4-14H,1-3H3. The molecule has 25 heavy (non-hydrogen) atoms. The molecule has 0 amide bonds. The van der Waals surface area contributed by atoms with Crippen LogP contribution in [0.25, 0.3) is 12.2 Å². The van der Waals surface area contributed by atoms with Gasteiger partial charge < -0.3 is 9.64 Å². The summed E-state index contributed by atoms with van der Waals surface area (Å²) in [5.41, 5.74) is 4.54. The molecule has 3 rings (SSSR count). The van der Waals surface area contributed by atoms with Crippen molar-refractivity contribution in [1.29, 1.82) is 0 Å². The predicted octanol–water partition coefficient (Wildman–Crippen LogP) is 4.07. The van der Waals surface area contributed by atoms with Gasteiger partial charge in [-0.2, -0.15) is 0 Å². The van der Waals surface area contributed by atoms with Crippen molar-refractivity contribution in [1.82, 2.24) is 0 Å². The Balaban J connectivity index is 1.76. The molecule has 126 valence electrons. The van der Waals surface area contributed by atoms with Gasteiger partial charge in [-0.25, -0.2) is 9.79 Å². The van der Waals surface area contributed by atoms with Gasteiger partial charge in [-0.3, -0.25) is 0 Å². The summed E-state index contributed by atoms with van der Waals surface area (Å²) >= 11 is 0. The van der Waals surface area contributed by atoms with E-state index in [-0.39, 0.29) is 0 Å². The third-order valence-electron chi connectivity index (χ3n) is 3.85. The highest BCUT2D eigenvalue weighted by atomic mass is 16.6. The molecule has 0 aliphatic carbocycles. The van der Waals surface area contributed by atoms with Gasteiger partial charge in [-0.1, -0.05) is 42.0 Å². The summed E-state index contributed by atoms with van der Waals surface area (Å²) in [7, 11) is 3.97. The van der Waals surface area contributed by atoms with Crippen LogP contribution in [0.4, 0.5) is 5.69 Å². The van der Waals surface area contributed by atoms with Crippen molar-refractivity contribution in [3.8, 4) is 0 Å². The minimum Gasteiger partial charge on any atom is -0.403 e. The van der Waals surface area contributed by atoms with Crippen molar-refractivity contribution in [2.45, 2.75) is 6.92 Å². The predicted molar refractivity (Wildman–Crippen MR) is 102 cm³/mol. The summed E-state index contributed by atoms with van der Waals surface area (Å²) in [6, 6.07) is 16.0. The van der Waals surface area contributed by atoms with Crippen LogP contribution < -0.4 is 4.90 Å². The Morgan fingerprint density at radius 3 is 2.20 bits per heavy atom. The van der Waals surface area contributed by atoms with Gasteiger partial charge in [-0.05, 0) is 42.3 Å². The quantitative estimate of drug-likeness (QED) is 0.626. The lowest BCUT2D eigenvalue weighted by Crippen LogP contribution is -2.07. The van der Waals surface area contributed by atoms with Crippen LogP contribution in [0.15, 0.2) is 65.3 Å². The number of carbonyl (C=O) groups excluding carboxylic acids is 1. The number of ether oxygens (including phenoxy) is 1. The van der Waals surface area contributed by atoms with E-state index in [1.165, 1.54) is 5.56 Å². The smallest absolute Gasteiger partial charge is 0.363 e. The van der Waals surface area contributed by atoms with E-state index in [4.69, 9.17) is 4.74 Å². The van der Waals surface area contributed by atoms with E-state index in [9.17, 15) is 4.79 Å². The fourth-order valence-corrected chi connectivity index (χ4v) is 2.37. The molecule has 0 radical (unpaired) electrons. The lowest BCUT2D eigenvalue weighted by atomic mass is 10.1. The molecule has 1 aliphatic rings. The SMILES string of the molecule is Cc1ccc(C=CC2=NC(=Cc3ccc(N(C)C)cc3)C(=O)O2)cc1. The lowest BCUT2D eigenvalue weighted by Gasteiger charge is -2.11. The molecule has 0 bridgehead atoms. The molecule has 2 aromatic rings.